The Morgan fingerprint density at radius 1 is 1.32 bits per heavy atom. The molecule has 4 nitrogen and oxygen atoms in total. The van der Waals surface area contributed by atoms with Gasteiger partial charge in [-0.2, -0.15) is 5.10 Å². The zero-order valence-electron chi connectivity index (χ0n) is 12.5. The van der Waals surface area contributed by atoms with Gasteiger partial charge < -0.3 is 4.90 Å². The molecule has 1 aliphatic heterocycles. The minimum absolute atomic E-state index is 0.614. The third-order valence-corrected chi connectivity index (χ3v) is 4.60. The van der Waals surface area contributed by atoms with Crippen molar-refractivity contribution in [3.8, 4) is 0 Å². The first-order valence-corrected chi connectivity index (χ1v) is 7.51. The van der Waals surface area contributed by atoms with Crippen LogP contribution in [0.2, 0.25) is 5.15 Å². The summed E-state index contributed by atoms with van der Waals surface area (Å²) in [5.74, 6) is 0. The Hall–Kier alpha value is -0.580. The molecule has 0 aliphatic carbocycles. The van der Waals surface area contributed by atoms with Gasteiger partial charge in [0.1, 0.15) is 5.15 Å². The minimum Gasteiger partial charge on any atom is -0.305 e. The van der Waals surface area contributed by atoms with Crippen LogP contribution in [-0.2, 0) is 13.6 Å². The number of hydrogen-bond acceptors (Lipinski definition) is 3. The Balaban J connectivity index is 2.15. The molecule has 0 radical (unpaired) electrons. The van der Waals surface area contributed by atoms with Gasteiger partial charge in [0.05, 0.1) is 5.69 Å². The van der Waals surface area contributed by atoms with E-state index < -0.39 is 0 Å². The van der Waals surface area contributed by atoms with Crippen LogP contribution in [0.5, 0.6) is 0 Å². The van der Waals surface area contributed by atoms with Crippen LogP contribution in [0.25, 0.3) is 0 Å². The number of aryl methyl sites for hydroxylation is 2. The lowest BCUT2D eigenvalue weighted by molar-refractivity contribution is 0.175. The average molecular weight is 285 g/mol. The van der Waals surface area contributed by atoms with Crippen LogP contribution in [0.4, 0.5) is 0 Å². The molecule has 108 valence electrons. The fourth-order valence-electron chi connectivity index (χ4n) is 2.94. The van der Waals surface area contributed by atoms with Crippen LogP contribution in [0.3, 0.4) is 0 Å². The average Bonchev–Trinajstić information content (AvgIpc) is 2.54. The Kier molecular flexibility index (Phi) is 4.87. The van der Waals surface area contributed by atoms with Gasteiger partial charge in [-0.25, -0.2) is 0 Å². The zero-order valence-corrected chi connectivity index (χ0v) is 13.2. The number of aromatic nitrogens is 2. The fourth-order valence-corrected chi connectivity index (χ4v) is 3.18. The summed E-state index contributed by atoms with van der Waals surface area (Å²) in [6.07, 6.45) is 2.41. The van der Waals surface area contributed by atoms with Gasteiger partial charge in [-0.1, -0.05) is 18.5 Å². The van der Waals surface area contributed by atoms with Crippen molar-refractivity contribution >= 4 is 11.6 Å². The second-order valence-electron chi connectivity index (χ2n) is 5.63. The molecule has 1 saturated heterocycles. The standard InChI is InChI=1S/C14H25ClN4/c1-5-12-9-17(3)7-6-8-19(12)10-13-11(2)16-18(4)14(13)15/h12H,5-10H2,1-4H3. The number of halogens is 1. The van der Waals surface area contributed by atoms with Crippen LogP contribution >= 0.6 is 11.6 Å². The highest BCUT2D eigenvalue weighted by molar-refractivity contribution is 6.30. The van der Waals surface area contributed by atoms with Crippen molar-refractivity contribution < 1.29 is 0 Å². The van der Waals surface area contributed by atoms with Crippen molar-refractivity contribution in [2.75, 3.05) is 26.7 Å². The van der Waals surface area contributed by atoms with Gasteiger partial charge in [0.2, 0.25) is 0 Å². The van der Waals surface area contributed by atoms with Gasteiger partial charge in [0, 0.05) is 38.3 Å². The first-order chi connectivity index (χ1) is 9.02. The summed E-state index contributed by atoms with van der Waals surface area (Å²) in [5.41, 5.74) is 2.24. The summed E-state index contributed by atoms with van der Waals surface area (Å²) in [4.78, 5) is 5.01. The van der Waals surface area contributed by atoms with Crippen molar-refractivity contribution in [3.63, 3.8) is 0 Å². The third-order valence-electron chi connectivity index (χ3n) is 4.13. The van der Waals surface area contributed by atoms with Gasteiger partial charge in [0.15, 0.2) is 0 Å². The van der Waals surface area contributed by atoms with E-state index in [0.717, 1.165) is 30.5 Å². The molecule has 1 unspecified atom stereocenters. The van der Waals surface area contributed by atoms with E-state index >= 15 is 0 Å². The Morgan fingerprint density at radius 3 is 2.63 bits per heavy atom. The van der Waals surface area contributed by atoms with E-state index in [4.69, 9.17) is 11.6 Å². The van der Waals surface area contributed by atoms with Crippen LogP contribution in [0.1, 0.15) is 31.0 Å². The smallest absolute Gasteiger partial charge is 0.131 e. The minimum atomic E-state index is 0.614. The number of hydrogen-bond donors (Lipinski definition) is 0. The number of nitrogens with zero attached hydrogens (tertiary/aromatic N) is 4. The summed E-state index contributed by atoms with van der Waals surface area (Å²) in [6.45, 7) is 8.72. The third kappa shape index (κ3) is 3.30. The van der Waals surface area contributed by atoms with Crippen molar-refractivity contribution in [1.29, 1.82) is 0 Å². The highest BCUT2D eigenvalue weighted by atomic mass is 35.5. The van der Waals surface area contributed by atoms with E-state index in [1.54, 1.807) is 4.68 Å². The molecule has 2 heterocycles. The van der Waals surface area contributed by atoms with Crippen LogP contribution in [0, 0.1) is 6.92 Å². The Morgan fingerprint density at radius 2 is 2.05 bits per heavy atom. The lowest BCUT2D eigenvalue weighted by Gasteiger charge is -2.30. The molecule has 1 aromatic rings. The second kappa shape index (κ2) is 6.25. The first-order valence-electron chi connectivity index (χ1n) is 7.13. The van der Waals surface area contributed by atoms with E-state index in [1.165, 1.54) is 24.9 Å². The topological polar surface area (TPSA) is 24.3 Å². The van der Waals surface area contributed by atoms with E-state index in [2.05, 4.69) is 28.9 Å². The largest absolute Gasteiger partial charge is 0.305 e. The normalized spacial score (nSPS) is 22.7. The molecule has 0 aromatic carbocycles. The summed E-state index contributed by atoms with van der Waals surface area (Å²) < 4.78 is 1.77. The lowest BCUT2D eigenvalue weighted by Crippen LogP contribution is -2.39. The monoisotopic (exact) mass is 284 g/mol. The van der Waals surface area contributed by atoms with Gasteiger partial charge in [0.25, 0.3) is 0 Å². The lowest BCUT2D eigenvalue weighted by atomic mass is 10.1. The molecule has 1 fully saturated rings. The maximum absolute atomic E-state index is 6.36. The van der Waals surface area contributed by atoms with E-state index in [0.29, 0.717) is 6.04 Å². The molecular formula is C14H25ClN4. The molecule has 1 atom stereocenters. The van der Waals surface area contributed by atoms with Crippen molar-refractivity contribution in [3.05, 3.63) is 16.4 Å². The summed E-state index contributed by atoms with van der Waals surface area (Å²) in [6, 6.07) is 0.614. The Labute approximate surface area is 121 Å². The summed E-state index contributed by atoms with van der Waals surface area (Å²) >= 11 is 6.36. The molecule has 0 bridgehead atoms. The molecule has 0 saturated carbocycles. The highest BCUT2D eigenvalue weighted by Gasteiger charge is 2.24. The second-order valence-corrected chi connectivity index (χ2v) is 5.98. The quantitative estimate of drug-likeness (QED) is 0.851. The molecule has 5 heteroatoms. The molecule has 2 rings (SSSR count). The molecule has 0 spiro atoms. The van der Waals surface area contributed by atoms with Gasteiger partial charge in [-0.15, -0.1) is 0 Å². The maximum atomic E-state index is 6.36. The van der Waals surface area contributed by atoms with E-state index in [9.17, 15) is 0 Å². The molecule has 19 heavy (non-hydrogen) atoms. The molecule has 0 amide bonds. The molecular weight excluding hydrogens is 260 g/mol. The molecule has 0 N–H and O–H groups in total. The predicted molar refractivity (Wildman–Crippen MR) is 79.6 cm³/mol. The van der Waals surface area contributed by atoms with Gasteiger partial charge >= 0.3 is 0 Å². The summed E-state index contributed by atoms with van der Waals surface area (Å²) in [5, 5.41) is 5.20. The summed E-state index contributed by atoms with van der Waals surface area (Å²) in [7, 11) is 4.13. The molecule has 1 aliphatic rings. The van der Waals surface area contributed by atoms with Crippen molar-refractivity contribution in [2.45, 2.75) is 39.3 Å². The zero-order chi connectivity index (χ0) is 14.0. The maximum Gasteiger partial charge on any atom is 0.131 e. The fraction of sp³-hybridized carbons (Fsp3) is 0.786. The van der Waals surface area contributed by atoms with Crippen LogP contribution < -0.4 is 0 Å². The van der Waals surface area contributed by atoms with Gasteiger partial charge in [-0.05, 0) is 33.4 Å². The first kappa shape index (κ1) is 14.8. The van der Waals surface area contributed by atoms with Crippen LogP contribution in [0.15, 0.2) is 0 Å². The Bertz CT molecular complexity index is 429. The predicted octanol–water partition coefficient (Wildman–Crippen LogP) is 2.30. The van der Waals surface area contributed by atoms with Gasteiger partial charge in [-0.3, -0.25) is 9.58 Å². The van der Waals surface area contributed by atoms with E-state index in [1.807, 2.05) is 14.0 Å². The number of rotatable bonds is 3. The SMILES string of the molecule is CCC1CN(C)CCCN1Cc1c(C)nn(C)c1Cl. The van der Waals surface area contributed by atoms with Crippen molar-refractivity contribution in [1.82, 2.24) is 19.6 Å². The van der Waals surface area contributed by atoms with Crippen molar-refractivity contribution in [2.24, 2.45) is 7.05 Å². The number of likely N-dealkylation sites (N-methyl/N-ethyl adjacent to an activating group) is 1. The van der Waals surface area contributed by atoms with E-state index in [-0.39, 0.29) is 0 Å². The van der Waals surface area contributed by atoms with Crippen LogP contribution in [-0.4, -0.2) is 52.3 Å². The highest BCUT2D eigenvalue weighted by Crippen LogP contribution is 2.23. The molecule has 1 aromatic heterocycles.